The largest absolute Gasteiger partial charge is 0.573 e. The average molecular weight is 640 g/mol. The van der Waals surface area contributed by atoms with Crippen molar-refractivity contribution >= 4 is 0 Å². The van der Waals surface area contributed by atoms with Crippen LogP contribution >= 0.6 is 0 Å². The number of aromatic nitrogens is 2. The van der Waals surface area contributed by atoms with Gasteiger partial charge >= 0.3 is 12.7 Å². The molecule has 0 aliphatic carbocycles. The van der Waals surface area contributed by atoms with Crippen LogP contribution in [0.15, 0.2) is 73.1 Å². The lowest BCUT2D eigenvalue weighted by atomic mass is 10.3. The molecule has 0 spiro atoms. The molecule has 0 aliphatic rings. The average Bonchev–Trinajstić information content (AvgIpc) is 2.99. The van der Waals surface area contributed by atoms with Crippen molar-refractivity contribution in [3.05, 3.63) is 90.3 Å². The summed E-state index contributed by atoms with van der Waals surface area (Å²) < 4.78 is 106. The molecule has 0 amide bonds. The first-order valence-electron chi connectivity index (χ1n) is 11.8. The van der Waals surface area contributed by atoms with Gasteiger partial charge in [0.15, 0.2) is 23.1 Å². The second kappa shape index (κ2) is 16.0. The van der Waals surface area contributed by atoms with Crippen LogP contribution < -0.4 is 23.7 Å². The lowest BCUT2D eigenvalue weighted by molar-refractivity contribution is -0.275. The lowest BCUT2D eigenvalue weighted by Crippen LogP contribution is -2.16. The molecular formula is C28H19F7N4O6. The maximum absolute atomic E-state index is 12.6. The highest BCUT2D eigenvalue weighted by atomic mass is 19.4. The van der Waals surface area contributed by atoms with E-state index in [2.05, 4.69) is 24.2 Å². The standard InChI is InChI=1S/C14H9F3N2O3.C7H5F3O2.C7H5FN2O/c1-20-12-6-9(7-18)19-8-13(12)21-10-2-4-11(5-3-10)22-14(15,16)17;8-7(9,10)12-6-3-1-5(11)2-4-6;1-11-7-2-5(3-9)10-4-6(7)8/h2-6,8H,1H3;1-4,11H;2,4H,1H3. The number of hydrogen-bond acceptors (Lipinski definition) is 10. The first-order valence-corrected chi connectivity index (χ1v) is 11.8. The Kier molecular flexibility index (Phi) is 12.6. The highest BCUT2D eigenvalue weighted by Crippen LogP contribution is 2.32. The van der Waals surface area contributed by atoms with E-state index in [1.165, 1.54) is 44.7 Å². The number of phenols is 1. The lowest BCUT2D eigenvalue weighted by Gasteiger charge is -2.11. The van der Waals surface area contributed by atoms with Crippen LogP contribution in [0.5, 0.6) is 40.2 Å². The van der Waals surface area contributed by atoms with Gasteiger partial charge in [0.2, 0.25) is 0 Å². The topological polar surface area (TPSA) is 140 Å². The number of nitrogens with zero attached hydrogens (tertiary/aromatic N) is 4. The van der Waals surface area contributed by atoms with Crippen molar-refractivity contribution < 1.29 is 59.5 Å². The van der Waals surface area contributed by atoms with E-state index in [0.717, 1.165) is 42.6 Å². The fourth-order valence-electron chi connectivity index (χ4n) is 2.84. The molecule has 236 valence electrons. The van der Waals surface area contributed by atoms with Gasteiger partial charge in [-0.05, 0) is 48.5 Å². The van der Waals surface area contributed by atoms with Gasteiger partial charge in [0.05, 0.1) is 26.6 Å². The molecule has 0 fully saturated rings. The number of pyridine rings is 2. The number of ether oxygens (including phenoxy) is 5. The summed E-state index contributed by atoms with van der Waals surface area (Å²) in [6.07, 6.45) is -7.19. The molecule has 2 aromatic heterocycles. The molecule has 0 unspecified atom stereocenters. The van der Waals surface area contributed by atoms with Crippen molar-refractivity contribution in [2.24, 2.45) is 0 Å². The van der Waals surface area contributed by atoms with E-state index in [0.29, 0.717) is 0 Å². The normalized spacial score (nSPS) is 10.4. The number of aromatic hydroxyl groups is 1. The van der Waals surface area contributed by atoms with Gasteiger partial charge < -0.3 is 28.8 Å². The molecule has 10 nitrogen and oxygen atoms in total. The van der Waals surface area contributed by atoms with Crippen molar-refractivity contribution in [2.75, 3.05) is 14.2 Å². The second-order valence-corrected chi connectivity index (χ2v) is 7.81. The first-order chi connectivity index (χ1) is 21.2. The van der Waals surface area contributed by atoms with Gasteiger partial charge in [0.1, 0.15) is 46.5 Å². The minimum absolute atomic E-state index is 0.0385. The number of benzene rings is 2. The number of rotatable bonds is 6. The Morgan fingerprint density at radius 3 is 1.51 bits per heavy atom. The molecule has 0 saturated heterocycles. The van der Waals surface area contributed by atoms with Crippen LogP contribution in [0.3, 0.4) is 0 Å². The van der Waals surface area contributed by atoms with Crippen LogP contribution in [0.25, 0.3) is 0 Å². The molecule has 0 atom stereocenters. The Morgan fingerprint density at radius 1 is 0.644 bits per heavy atom. The van der Waals surface area contributed by atoms with Crippen LogP contribution in [0.2, 0.25) is 0 Å². The van der Waals surface area contributed by atoms with Gasteiger partial charge in [0.25, 0.3) is 0 Å². The summed E-state index contributed by atoms with van der Waals surface area (Å²) in [7, 11) is 2.73. The summed E-state index contributed by atoms with van der Waals surface area (Å²) in [5.74, 6) is -0.565. The summed E-state index contributed by atoms with van der Waals surface area (Å²) in [6.45, 7) is 0. The van der Waals surface area contributed by atoms with E-state index in [1.807, 2.05) is 6.07 Å². The number of halogens is 7. The number of methoxy groups -OCH3 is 2. The minimum Gasteiger partial charge on any atom is -0.508 e. The number of alkyl halides is 6. The predicted octanol–water partition coefficient (Wildman–Crippen LogP) is 7.04. The van der Waals surface area contributed by atoms with Crippen molar-refractivity contribution in [2.45, 2.75) is 12.7 Å². The third-order valence-electron chi connectivity index (χ3n) is 4.68. The van der Waals surface area contributed by atoms with Crippen LogP contribution in [-0.4, -0.2) is 42.0 Å². The van der Waals surface area contributed by atoms with Crippen molar-refractivity contribution in [1.82, 2.24) is 9.97 Å². The summed E-state index contributed by atoms with van der Waals surface area (Å²) in [4.78, 5) is 7.32. The van der Waals surface area contributed by atoms with Crippen LogP contribution in [0.4, 0.5) is 30.7 Å². The summed E-state index contributed by atoms with van der Waals surface area (Å²) in [5.41, 5.74) is 0.293. The molecule has 0 saturated carbocycles. The zero-order valence-electron chi connectivity index (χ0n) is 22.9. The second-order valence-electron chi connectivity index (χ2n) is 7.81. The van der Waals surface area contributed by atoms with E-state index in [1.54, 1.807) is 6.07 Å². The number of phenolic OH excluding ortho intramolecular Hbond substituents is 1. The molecule has 0 aliphatic heterocycles. The van der Waals surface area contributed by atoms with Crippen LogP contribution in [0.1, 0.15) is 11.4 Å². The maximum Gasteiger partial charge on any atom is 0.573 e. The Balaban J connectivity index is 0.000000259. The molecular weight excluding hydrogens is 621 g/mol. The highest BCUT2D eigenvalue weighted by Gasteiger charge is 2.31. The Labute approximate surface area is 250 Å². The molecule has 2 aromatic carbocycles. The third kappa shape index (κ3) is 12.8. The predicted molar refractivity (Wildman–Crippen MR) is 139 cm³/mol. The van der Waals surface area contributed by atoms with Gasteiger partial charge in [-0.2, -0.15) is 10.5 Å². The van der Waals surface area contributed by atoms with Gasteiger partial charge in [0, 0.05) is 12.1 Å². The van der Waals surface area contributed by atoms with E-state index >= 15 is 0 Å². The van der Waals surface area contributed by atoms with Crippen molar-refractivity contribution in [3.8, 4) is 52.4 Å². The first kappa shape index (κ1) is 35.2. The Hall–Kier alpha value is -5.97. The zero-order chi connectivity index (χ0) is 33.6. The molecule has 17 heteroatoms. The summed E-state index contributed by atoms with van der Waals surface area (Å²) in [6, 6.07) is 15.4. The summed E-state index contributed by atoms with van der Waals surface area (Å²) >= 11 is 0. The molecule has 4 rings (SSSR count). The molecule has 45 heavy (non-hydrogen) atoms. The van der Waals surface area contributed by atoms with E-state index < -0.39 is 18.5 Å². The van der Waals surface area contributed by atoms with Crippen LogP contribution in [0, 0.1) is 28.5 Å². The molecule has 4 aromatic rings. The highest BCUT2D eigenvalue weighted by molar-refractivity contribution is 5.45. The SMILES string of the molecule is COc1cc(C#N)ncc1F.COc1cc(C#N)ncc1Oc1ccc(OC(F)(F)F)cc1.Oc1ccc(OC(F)(F)F)cc1. The molecule has 2 heterocycles. The fraction of sp³-hybridized carbons (Fsp3) is 0.143. The number of nitriles is 2. The van der Waals surface area contributed by atoms with E-state index in [9.17, 15) is 30.7 Å². The van der Waals surface area contributed by atoms with E-state index in [-0.39, 0.29) is 51.6 Å². The fourth-order valence-corrected chi connectivity index (χ4v) is 2.84. The third-order valence-corrected chi connectivity index (χ3v) is 4.68. The van der Waals surface area contributed by atoms with Crippen LogP contribution in [-0.2, 0) is 0 Å². The maximum atomic E-state index is 12.6. The summed E-state index contributed by atoms with van der Waals surface area (Å²) in [5, 5.41) is 25.8. The molecule has 0 bridgehead atoms. The van der Waals surface area contributed by atoms with Gasteiger partial charge in [-0.25, -0.2) is 14.4 Å². The van der Waals surface area contributed by atoms with Crippen molar-refractivity contribution in [1.29, 1.82) is 10.5 Å². The Bertz CT molecular complexity index is 1620. The smallest absolute Gasteiger partial charge is 0.508 e. The monoisotopic (exact) mass is 640 g/mol. The number of hydrogen-bond donors (Lipinski definition) is 1. The zero-order valence-corrected chi connectivity index (χ0v) is 22.9. The molecule has 1 N–H and O–H groups in total. The Morgan fingerprint density at radius 2 is 1.07 bits per heavy atom. The van der Waals surface area contributed by atoms with Gasteiger partial charge in [-0.1, -0.05) is 0 Å². The van der Waals surface area contributed by atoms with Crippen molar-refractivity contribution in [3.63, 3.8) is 0 Å². The molecule has 0 radical (unpaired) electrons. The van der Waals surface area contributed by atoms with E-state index in [4.69, 9.17) is 25.1 Å². The van der Waals surface area contributed by atoms with Gasteiger partial charge in [-0.3, -0.25) is 0 Å². The quantitative estimate of drug-likeness (QED) is 0.218. The minimum atomic E-state index is -4.75. The van der Waals surface area contributed by atoms with Gasteiger partial charge in [-0.15, -0.1) is 26.3 Å².